The summed E-state index contributed by atoms with van der Waals surface area (Å²) in [5, 5.41) is 5.58. The summed E-state index contributed by atoms with van der Waals surface area (Å²) in [5.41, 5.74) is 5.66. The molecule has 1 aromatic carbocycles. The Hall–Kier alpha value is -3.13. The normalized spacial score (nSPS) is 11.9. The van der Waals surface area contributed by atoms with Crippen LogP contribution in [0.5, 0.6) is 0 Å². The van der Waals surface area contributed by atoms with E-state index in [1.807, 2.05) is 31.5 Å². The molecule has 0 amide bonds. The first-order valence-electron chi connectivity index (χ1n) is 9.25. The molecule has 0 atom stereocenters. The van der Waals surface area contributed by atoms with Crippen molar-refractivity contribution in [2.75, 3.05) is 6.26 Å². The molecule has 0 radical (unpaired) electrons. The van der Waals surface area contributed by atoms with E-state index in [1.54, 1.807) is 36.7 Å². The van der Waals surface area contributed by atoms with Crippen LogP contribution in [0.25, 0.3) is 33.5 Å². The van der Waals surface area contributed by atoms with Crippen LogP contribution >= 0.6 is 0 Å². The highest BCUT2D eigenvalue weighted by molar-refractivity contribution is 7.90. The Morgan fingerprint density at radius 1 is 1.00 bits per heavy atom. The van der Waals surface area contributed by atoms with Gasteiger partial charge in [0.15, 0.2) is 15.5 Å². The molecule has 3 aromatic heterocycles. The van der Waals surface area contributed by atoms with E-state index in [-0.39, 0.29) is 4.90 Å². The molecule has 4 aromatic rings. The molecule has 29 heavy (non-hydrogen) atoms. The van der Waals surface area contributed by atoms with Crippen LogP contribution < -0.4 is 0 Å². The molecule has 8 heteroatoms. The number of rotatable bonds is 4. The molecule has 0 N–H and O–H groups in total. The molecule has 3 heterocycles. The fourth-order valence-electron chi connectivity index (χ4n) is 3.34. The number of hydrogen-bond acceptors (Lipinski definition) is 6. The van der Waals surface area contributed by atoms with Gasteiger partial charge in [-0.25, -0.2) is 13.4 Å². The number of sulfone groups is 1. The summed E-state index contributed by atoms with van der Waals surface area (Å²) in [6, 6.07) is 8.68. The van der Waals surface area contributed by atoms with Gasteiger partial charge in [0, 0.05) is 35.8 Å². The number of hydrogen-bond donors (Lipinski definition) is 0. The number of pyridine rings is 1. The Labute approximate surface area is 169 Å². The predicted octanol–water partition coefficient (Wildman–Crippen LogP) is 3.60. The molecule has 0 bridgehead atoms. The first kappa shape index (κ1) is 19.2. The minimum Gasteiger partial charge on any atom is -0.267 e. The molecule has 148 valence electrons. The van der Waals surface area contributed by atoms with Crippen LogP contribution in [-0.2, 0) is 16.4 Å². The molecule has 0 aliphatic heterocycles. The Balaban J connectivity index is 1.95. The van der Waals surface area contributed by atoms with Gasteiger partial charge in [0.2, 0.25) is 0 Å². The van der Waals surface area contributed by atoms with Crippen molar-refractivity contribution < 1.29 is 8.42 Å². The van der Waals surface area contributed by atoms with E-state index in [1.165, 1.54) is 6.26 Å². The highest BCUT2D eigenvalue weighted by Crippen LogP contribution is 2.33. The second-order valence-electron chi connectivity index (χ2n) is 6.99. The van der Waals surface area contributed by atoms with Gasteiger partial charge in [0.25, 0.3) is 0 Å². The lowest BCUT2D eigenvalue weighted by Crippen LogP contribution is -1.98. The second kappa shape index (κ2) is 7.04. The van der Waals surface area contributed by atoms with Gasteiger partial charge in [-0.1, -0.05) is 12.1 Å². The number of nitrogens with zero attached hydrogens (tertiary/aromatic N) is 5. The topological polar surface area (TPSA) is 90.6 Å². The largest absolute Gasteiger partial charge is 0.267 e. The third-order valence-electron chi connectivity index (χ3n) is 4.90. The molecule has 0 spiro atoms. The molecular weight excluding hydrogens is 386 g/mol. The van der Waals surface area contributed by atoms with E-state index < -0.39 is 9.84 Å². The second-order valence-corrected chi connectivity index (χ2v) is 9.01. The van der Waals surface area contributed by atoms with Crippen molar-refractivity contribution in [1.82, 2.24) is 24.7 Å². The van der Waals surface area contributed by atoms with Crippen LogP contribution in [0.1, 0.15) is 18.3 Å². The zero-order valence-electron chi connectivity index (χ0n) is 16.7. The monoisotopic (exact) mass is 407 g/mol. The maximum atomic E-state index is 11.8. The van der Waals surface area contributed by atoms with Crippen molar-refractivity contribution in [2.45, 2.75) is 32.2 Å². The van der Waals surface area contributed by atoms with Gasteiger partial charge in [0.1, 0.15) is 0 Å². The van der Waals surface area contributed by atoms with Crippen molar-refractivity contribution in [3.8, 4) is 22.5 Å². The zero-order chi connectivity index (χ0) is 20.8. The molecular formula is C21H21N5O2S. The summed E-state index contributed by atoms with van der Waals surface area (Å²) in [4.78, 5) is 13.9. The standard InChI is InChI=1S/C21H21N5O2S/c1-5-26-14(3)20-17(19-12-22-13(2)11-23-19)10-18(24-21(20)25-26)15-6-8-16(9-7-15)29(4,27)28/h6-12H,5H2,1-4H3. The highest BCUT2D eigenvalue weighted by atomic mass is 32.2. The van der Waals surface area contributed by atoms with Crippen LogP contribution in [0, 0.1) is 13.8 Å². The highest BCUT2D eigenvalue weighted by Gasteiger charge is 2.17. The molecule has 7 nitrogen and oxygen atoms in total. The average Bonchev–Trinajstić information content (AvgIpc) is 3.03. The summed E-state index contributed by atoms with van der Waals surface area (Å²) in [6.07, 6.45) is 4.69. The summed E-state index contributed by atoms with van der Waals surface area (Å²) < 4.78 is 25.4. The van der Waals surface area contributed by atoms with Crippen LogP contribution in [-0.4, -0.2) is 39.4 Å². The summed E-state index contributed by atoms with van der Waals surface area (Å²) in [5.74, 6) is 0. The molecule has 0 unspecified atom stereocenters. The van der Waals surface area contributed by atoms with Gasteiger partial charge >= 0.3 is 0 Å². The van der Waals surface area contributed by atoms with Gasteiger partial charge < -0.3 is 0 Å². The lowest BCUT2D eigenvalue weighted by atomic mass is 10.0. The first-order chi connectivity index (χ1) is 13.8. The van der Waals surface area contributed by atoms with Crippen LogP contribution in [0.2, 0.25) is 0 Å². The lowest BCUT2D eigenvalue weighted by Gasteiger charge is -2.08. The van der Waals surface area contributed by atoms with E-state index in [2.05, 4.69) is 15.1 Å². The number of benzene rings is 1. The molecule has 0 fully saturated rings. The maximum Gasteiger partial charge on any atom is 0.182 e. The molecule has 0 aliphatic carbocycles. The first-order valence-corrected chi connectivity index (χ1v) is 11.1. The Kier molecular flexibility index (Phi) is 4.66. The third-order valence-corrected chi connectivity index (χ3v) is 6.03. The molecule has 0 aliphatic rings. The number of fused-ring (bicyclic) bond motifs is 1. The molecule has 4 rings (SSSR count). The fraction of sp³-hybridized carbons (Fsp3) is 0.238. The third kappa shape index (κ3) is 3.51. The van der Waals surface area contributed by atoms with Gasteiger partial charge in [-0.05, 0) is 39.0 Å². The predicted molar refractivity (Wildman–Crippen MR) is 112 cm³/mol. The maximum absolute atomic E-state index is 11.8. The van der Waals surface area contributed by atoms with Crippen molar-refractivity contribution in [1.29, 1.82) is 0 Å². The van der Waals surface area contributed by atoms with Gasteiger partial charge in [-0.15, -0.1) is 0 Å². The van der Waals surface area contributed by atoms with Crippen molar-refractivity contribution in [2.24, 2.45) is 0 Å². The SMILES string of the molecule is CCn1nc2nc(-c3ccc(S(C)(=O)=O)cc3)cc(-c3cnc(C)cn3)c2c1C. The van der Waals surface area contributed by atoms with E-state index in [0.29, 0.717) is 11.3 Å². The van der Waals surface area contributed by atoms with Crippen molar-refractivity contribution in [3.63, 3.8) is 0 Å². The Bertz CT molecular complexity index is 1310. The van der Waals surface area contributed by atoms with Gasteiger partial charge in [0.05, 0.1) is 33.6 Å². The van der Waals surface area contributed by atoms with Crippen molar-refractivity contribution in [3.05, 3.63) is 54.1 Å². The van der Waals surface area contributed by atoms with E-state index in [0.717, 1.165) is 40.1 Å². The zero-order valence-corrected chi connectivity index (χ0v) is 17.5. The molecule has 0 saturated carbocycles. The van der Waals surface area contributed by atoms with E-state index >= 15 is 0 Å². The van der Waals surface area contributed by atoms with Crippen LogP contribution in [0.3, 0.4) is 0 Å². The van der Waals surface area contributed by atoms with Crippen LogP contribution in [0.15, 0.2) is 47.6 Å². The summed E-state index contributed by atoms with van der Waals surface area (Å²) >= 11 is 0. The summed E-state index contributed by atoms with van der Waals surface area (Å²) in [7, 11) is -3.25. The summed E-state index contributed by atoms with van der Waals surface area (Å²) in [6.45, 7) is 6.69. The lowest BCUT2D eigenvalue weighted by molar-refractivity contribution is 0.602. The van der Waals surface area contributed by atoms with Gasteiger partial charge in [-0.2, -0.15) is 5.10 Å². The van der Waals surface area contributed by atoms with Gasteiger partial charge in [-0.3, -0.25) is 14.6 Å². The van der Waals surface area contributed by atoms with E-state index in [9.17, 15) is 8.42 Å². The Morgan fingerprint density at radius 3 is 2.31 bits per heavy atom. The number of aryl methyl sites for hydroxylation is 3. The average molecular weight is 407 g/mol. The minimum absolute atomic E-state index is 0.276. The Morgan fingerprint density at radius 2 is 1.72 bits per heavy atom. The minimum atomic E-state index is -3.25. The van der Waals surface area contributed by atoms with E-state index in [4.69, 9.17) is 4.98 Å². The number of aromatic nitrogens is 5. The fourth-order valence-corrected chi connectivity index (χ4v) is 3.97. The van der Waals surface area contributed by atoms with Crippen molar-refractivity contribution >= 4 is 20.9 Å². The smallest absolute Gasteiger partial charge is 0.182 e. The molecule has 0 saturated heterocycles. The van der Waals surface area contributed by atoms with Crippen LogP contribution in [0.4, 0.5) is 0 Å². The quantitative estimate of drug-likeness (QED) is 0.513.